The van der Waals surface area contributed by atoms with Gasteiger partial charge in [-0.25, -0.2) is 0 Å². The number of rotatable bonds is 10. The predicted octanol–water partition coefficient (Wildman–Crippen LogP) is 0.324. The molecular formula is C44H60N10O6. The van der Waals surface area contributed by atoms with Gasteiger partial charge in [0.25, 0.3) is 23.6 Å². The lowest BCUT2D eigenvalue weighted by Gasteiger charge is -2.27. The number of hydrogen-bond donors (Lipinski definition) is 9. The number of carbonyl (C=O) groups excluding carboxylic acids is 4. The van der Waals surface area contributed by atoms with Crippen molar-refractivity contribution < 1.29 is 29.0 Å². The summed E-state index contributed by atoms with van der Waals surface area (Å²) in [5.74, 6) is -2.11. The van der Waals surface area contributed by atoms with Crippen molar-refractivity contribution in [2.45, 2.75) is 0 Å². The Labute approximate surface area is 351 Å². The summed E-state index contributed by atoms with van der Waals surface area (Å²) in [6.45, 7) is 10.5. The second-order valence-electron chi connectivity index (χ2n) is 14.8. The normalized spacial score (nSPS) is 16.8. The highest BCUT2D eigenvalue weighted by molar-refractivity contribution is 6.17. The largest absolute Gasteiger partial charge is 0.506 e. The van der Waals surface area contributed by atoms with Crippen LogP contribution in [0.3, 0.4) is 0 Å². The van der Waals surface area contributed by atoms with E-state index in [9.17, 15) is 24.3 Å². The second-order valence-corrected chi connectivity index (χ2v) is 14.8. The van der Waals surface area contributed by atoms with Gasteiger partial charge in [-0.2, -0.15) is 0 Å². The minimum Gasteiger partial charge on any atom is -0.506 e. The molecule has 0 aliphatic carbocycles. The van der Waals surface area contributed by atoms with Gasteiger partial charge in [0.2, 0.25) is 0 Å². The van der Waals surface area contributed by atoms with E-state index < -0.39 is 23.5 Å². The predicted molar refractivity (Wildman–Crippen MR) is 234 cm³/mol. The molecule has 2 aliphatic heterocycles. The van der Waals surface area contributed by atoms with Crippen molar-refractivity contribution in [2.75, 3.05) is 131 Å². The van der Waals surface area contributed by atoms with Crippen molar-refractivity contribution >= 4 is 45.2 Å². The number of hydrogen-bond acceptors (Lipinski definition) is 12. The second kappa shape index (κ2) is 23.6. The Kier molecular flexibility index (Phi) is 17.4. The minimum absolute atomic E-state index is 0.0720. The van der Waals surface area contributed by atoms with Gasteiger partial charge < -0.3 is 62.2 Å². The summed E-state index contributed by atoms with van der Waals surface area (Å²) in [6, 6.07) is 20.5. The molecule has 4 aromatic rings. The zero-order valence-corrected chi connectivity index (χ0v) is 34.4. The minimum atomic E-state index is -0.521. The molecule has 0 bridgehead atoms. The van der Waals surface area contributed by atoms with E-state index >= 15 is 0 Å². The molecule has 2 saturated heterocycles. The number of phenolic OH excluding ortho intramolecular Hbond substituents is 1. The monoisotopic (exact) mass is 824 g/mol. The van der Waals surface area contributed by atoms with Crippen LogP contribution in [-0.4, -0.2) is 170 Å². The van der Waals surface area contributed by atoms with E-state index in [1.54, 1.807) is 9.80 Å². The number of fused-ring (bicyclic) bond motifs is 3. The third-order valence-electron chi connectivity index (χ3n) is 10.6. The smallest absolute Gasteiger partial charge is 0.257 e. The van der Waals surface area contributed by atoms with Gasteiger partial charge >= 0.3 is 0 Å². The van der Waals surface area contributed by atoms with Gasteiger partial charge in [0, 0.05) is 129 Å². The van der Waals surface area contributed by atoms with Gasteiger partial charge in [-0.15, -0.1) is 0 Å². The van der Waals surface area contributed by atoms with Gasteiger partial charge in [0.05, 0.1) is 24.3 Å². The summed E-state index contributed by atoms with van der Waals surface area (Å²) >= 11 is 0. The molecule has 322 valence electrons. The van der Waals surface area contributed by atoms with E-state index in [-0.39, 0.29) is 48.9 Å². The molecule has 0 aromatic heterocycles. The summed E-state index contributed by atoms with van der Waals surface area (Å²) < 4.78 is 5.76. The van der Waals surface area contributed by atoms with Crippen molar-refractivity contribution in [3.05, 3.63) is 89.0 Å². The van der Waals surface area contributed by atoms with Crippen LogP contribution in [-0.2, 0) is 4.74 Å². The quantitative estimate of drug-likeness (QED) is 0.0786. The van der Waals surface area contributed by atoms with Gasteiger partial charge in [-0.05, 0) is 39.7 Å². The standard InChI is InChI=1S/C44H60N10O6/c55-40-38(43(58)53-23-17-47-13-9-45-10-14-48-18-24-53)30-33(31-39(40)44(59)54-25-19-49-15-11-46-12-16-50-20-26-54)41(56)51-21-27-60-28-22-52-42(57)37-29-32-5-1-2-6-34(32)35-7-3-4-8-36(35)37/h1-8,29-31,45-50,55H,9-28H2,(H,51,56)(H,52,57). The number of benzene rings is 4. The maximum atomic E-state index is 14.2. The van der Waals surface area contributed by atoms with Crippen LogP contribution in [0.1, 0.15) is 41.4 Å². The van der Waals surface area contributed by atoms with Crippen LogP contribution >= 0.6 is 0 Å². The van der Waals surface area contributed by atoms with Crippen LogP contribution in [0, 0.1) is 0 Å². The number of nitrogens with one attached hydrogen (secondary N) is 8. The van der Waals surface area contributed by atoms with E-state index in [1.807, 2.05) is 48.5 Å². The van der Waals surface area contributed by atoms with E-state index in [2.05, 4.69) is 48.6 Å². The number of aromatic hydroxyl groups is 1. The highest BCUT2D eigenvalue weighted by atomic mass is 16.5. The molecule has 2 aliphatic rings. The van der Waals surface area contributed by atoms with Crippen molar-refractivity contribution in [2.24, 2.45) is 0 Å². The van der Waals surface area contributed by atoms with Crippen molar-refractivity contribution in [1.82, 2.24) is 52.3 Å². The lowest BCUT2D eigenvalue weighted by molar-refractivity contribution is 0.0749. The van der Waals surface area contributed by atoms with Crippen LogP contribution < -0.4 is 42.5 Å². The molecule has 16 nitrogen and oxygen atoms in total. The Morgan fingerprint density at radius 2 is 0.933 bits per heavy atom. The zero-order chi connectivity index (χ0) is 41.9. The highest BCUT2D eigenvalue weighted by Crippen LogP contribution is 2.29. The average molecular weight is 825 g/mol. The third kappa shape index (κ3) is 12.4. The van der Waals surface area contributed by atoms with Gasteiger partial charge in [0.1, 0.15) is 5.75 Å². The molecule has 60 heavy (non-hydrogen) atoms. The van der Waals surface area contributed by atoms with Crippen LogP contribution in [0.4, 0.5) is 0 Å². The molecule has 2 fully saturated rings. The Balaban J connectivity index is 1.11. The molecule has 0 atom stereocenters. The third-order valence-corrected chi connectivity index (χ3v) is 10.6. The Bertz CT molecular complexity index is 1980. The number of phenols is 1. The highest BCUT2D eigenvalue weighted by Gasteiger charge is 2.28. The molecule has 16 heteroatoms. The van der Waals surface area contributed by atoms with Crippen molar-refractivity contribution in [1.29, 1.82) is 0 Å². The first-order chi connectivity index (χ1) is 29.4. The zero-order valence-electron chi connectivity index (χ0n) is 34.4. The van der Waals surface area contributed by atoms with Crippen molar-refractivity contribution in [3.8, 4) is 5.75 Å². The summed E-state index contributed by atoms with van der Waals surface area (Å²) in [7, 11) is 0. The molecule has 4 amide bonds. The lowest BCUT2D eigenvalue weighted by atomic mass is 9.97. The fourth-order valence-electron chi connectivity index (χ4n) is 7.39. The molecular weight excluding hydrogens is 765 g/mol. The molecule has 0 radical (unpaired) electrons. The molecule has 9 N–H and O–H groups in total. The number of amides is 4. The summed E-state index contributed by atoms with van der Waals surface area (Å²) in [4.78, 5) is 58.6. The van der Waals surface area contributed by atoms with E-state index in [0.717, 1.165) is 73.9 Å². The van der Waals surface area contributed by atoms with Crippen LogP contribution in [0.5, 0.6) is 5.75 Å². The fraction of sp³-hybridized carbons (Fsp3) is 0.455. The summed E-state index contributed by atoms with van der Waals surface area (Å²) in [5.41, 5.74) is 0.442. The first-order valence-electron chi connectivity index (χ1n) is 21.2. The number of nitrogens with zero attached hydrogens (tertiary/aromatic N) is 2. The molecule has 2 heterocycles. The summed E-state index contributed by atoms with van der Waals surface area (Å²) in [5, 5.41) is 41.5. The van der Waals surface area contributed by atoms with Gasteiger partial charge in [0.15, 0.2) is 0 Å². The Morgan fingerprint density at radius 3 is 1.43 bits per heavy atom. The maximum Gasteiger partial charge on any atom is 0.257 e. The molecule has 0 saturated carbocycles. The summed E-state index contributed by atoms with van der Waals surface area (Å²) in [6.07, 6.45) is 0. The first-order valence-corrected chi connectivity index (χ1v) is 21.2. The van der Waals surface area contributed by atoms with E-state index in [1.165, 1.54) is 12.1 Å². The van der Waals surface area contributed by atoms with Crippen LogP contribution in [0.2, 0.25) is 0 Å². The first kappa shape index (κ1) is 44.4. The SMILES string of the molecule is O=C(NCCOCCNC(=O)c1cc2ccccc2c2ccccc12)c1cc(C(=O)N2CCNCCNCCNCC2)c(O)c(C(=O)N2CCNCCNCCNCC2)c1. The Hall–Kier alpha value is -5.20. The lowest BCUT2D eigenvalue weighted by Crippen LogP contribution is -2.45. The average Bonchev–Trinajstić information content (AvgIpc) is 3.25. The fourth-order valence-corrected chi connectivity index (χ4v) is 7.39. The topological polar surface area (TPSA) is 200 Å². The molecule has 6 rings (SSSR count). The molecule has 4 aromatic carbocycles. The number of ether oxygens (including phenoxy) is 1. The number of carbonyl (C=O) groups is 4. The molecule has 0 unspecified atom stereocenters. The van der Waals surface area contributed by atoms with E-state index in [0.29, 0.717) is 57.9 Å². The van der Waals surface area contributed by atoms with Crippen LogP contribution in [0.25, 0.3) is 21.5 Å². The van der Waals surface area contributed by atoms with Crippen molar-refractivity contribution in [3.63, 3.8) is 0 Å². The molecule has 0 spiro atoms. The van der Waals surface area contributed by atoms with Gasteiger partial charge in [-0.1, -0.05) is 48.5 Å². The Morgan fingerprint density at radius 1 is 0.517 bits per heavy atom. The van der Waals surface area contributed by atoms with Crippen LogP contribution in [0.15, 0.2) is 66.7 Å². The van der Waals surface area contributed by atoms with E-state index in [4.69, 9.17) is 4.74 Å². The maximum absolute atomic E-state index is 14.2. The van der Waals surface area contributed by atoms with Gasteiger partial charge in [-0.3, -0.25) is 19.2 Å².